The molecule has 2 aliphatic rings. The summed E-state index contributed by atoms with van der Waals surface area (Å²) >= 11 is 0. The second kappa shape index (κ2) is 9.82. The van der Waals surface area contributed by atoms with Gasteiger partial charge in [0.2, 0.25) is 5.91 Å². The van der Waals surface area contributed by atoms with Gasteiger partial charge in [-0.2, -0.15) is 0 Å². The first-order valence-electron chi connectivity index (χ1n) is 11.2. The predicted molar refractivity (Wildman–Crippen MR) is 124 cm³/mol. The first-order chi connectivity index (χ1) is 16.3. The first kappa shape index (κ1) is 23.7. The second-order valence-corrected chi connectivity index (χ2v) is 9.02. The van der Waals surface area contributed by atoms with E-state index in [4.69, 9.17) is 4.74 Å². The number of fused-ring (bicyclic) bond motifs is 3. The van der Waals surface area contributed by atoms with Crippen molar-refractivity contribution in [3.63, 3.8) is 0 Å². The summed E-state index contributed by atoms with van der Waals surface area (Å²) in [5.74, 6) is -1.87. The Kier molecular flexibility index (Phi) is 6.85. The molecule has 0 saturated carbocycles. The van der Waals surface area contributed by atoms with Crippen LogP contribution >= 0.6 is 0 Å². The molecule has 0 bridgehead atoms. The number of amides is 2. The monoisotopic (exact) mass is 467 g/mol. The van der Waals surface area contributed by atoms with Gasteiger partial charge in [0, 0.05) is 25.4 Å². The number of likely N-dealkylation sites (tertiary alicyclic amines) is 1. The molecule has 1 fully saturated rings. The van der Waals surface area contributed by atoms with Gasteiger partial charge in [-0.15, -0.1) is 0 Å². The summed E-state index contributed by atoms with van der Waals surface area (Å²) < 4.78 is 5.55. The Morgan fingerprint density at radius 3 is 2.24 bits per heavy atom. The highest BCUT2D eigenvalue weighted by Crippen LogP contribution is 2.44. The number of aliphatic hydroxyl groups excluding tert-OH is 1. The molecule has 0 spiro atoms. The number of aliphatic carboxylic acids is 1. The molecule has 2 amide bonds. The van der Waals surface area contributed by atoms with E-state index < -0.39 is 36.2 Å². The van der Waals surface area contributed by atoms with E-state index in [1.165, 1.54) is 0 Å². The van der Waals surface area contributed by atoms with Gasteiger partial charge in [-0.1, -0.05) is 48.5 Å². The molecule has 180 valence electrons. The number of hydrogen-bond acceptors (Lipinski definition) is 6. The second-order valence-electron chi connectivity index (χ2n) is 9.02. The molecule has 1 aliphatic carbocycles. The zero-order valence-corrected chi connectivity index (χ0v) is 19.2. The summed E-state index contributed by atoms with van der Waals surface area (Å²) in [6.45, 7) is 0.164. The summed E-state index contributed by atoms with van der Waals surface area (Å²) in [6, 6.07) is 13.8. The lowest BCUT2D eigenvalue weighted by molar-refractivity contribution is -0.149. The SMILES string of the molecule is CN(C)C[C@H](NC(=O)OCC1c2ccccc2-c2ccccc21)C(=O)N1CC(O)CC1C(=O)O. The largest absolute Gasteiger partial charge is 0.480 e. The Bertz CT molecular complexity index is 1040. The van der Waals surface area contributed by atoms with Crippen LogP contribution in [0.3, 0.4) is 0 Å². The van der Waals surface area contributed by atoms with Crippen LogP contribution in [0.2, 0.25) is 0 Å². The van der Waals surface area contributed by atoms with Crippen molar-refractivity contribution in [3.8, 4) is 11.1 Å². The molecule has 1 heterocycles. The minimum Gasteiger partial charge on any atom is -0.480 e. The van der Waals surface area contributed by atoms with Crippen LogP contribution in [0.25, 0.3) is 11.1 Å². The summed E-state index contributed by atoms with van der Waals surface area (Å²) in [7, 11) is 3.49. The molecule has 9 heteroatoms. The number of aliphatic hydroxyl groups is 1. The van der Waals surface area contributed by atoms with Crippen molar-refractivity contribution in [1.29, 1.82) is 0 Å². The maximum absolute atomic E-state index is 13.1. The minimum absolute atomic E-state index is 0.0410. The zero-order valence-electron chi connectivity index (χ0n) is 19.2. The number of hydrogen-bond donors (Lipinski definition) is 3. The van der Waals surface area contributed by atoms with Gasteiger partial charge in [-0.3, -0.25) is 4.79 Å². The number of benzene rings is 2. The third-order valence-corrected chi connectivity index (χ3v) is 6.33. The van der Waals surface area contributed by atoms with Crippen LogP contribution in [0, 0.1) is 0 Å². The smallest absolute Gasteiger partial charge is 0.407 e. The Morgan fingerprint density at radius 2 is 1.68 bits per heavy atom. The maximum Gasteiger partial charge on any atom is 0.407 e. The molecule has 3 N–H and O–H groups in total. The minimum atomic E-state index is -1.19. The molecule has 4 rings (SSSR count). The number of β-amino-alcohol motifs (C(OH)–C–C–N with tert-alkyl or cyclic N) is 1. The van der Waals surface area contributed by atoms with Crippen LogP contribution in [-0.4, -0.2) is 90.0 Å². The third-order valence-electron chi connectivity index (χ3n) is 6.33. The van der Waals surface area contributed by atoms with E-state index in [-0.39, 0.29) is 32.0 Å². The fraction of sp³-hybridized carbons (Fsp3) is 0.400. The molecule has 1 aliphatic heterocycles. The van der Waals surface area contributed by atoms with Gasteiger partial charge in [0.15, 0.2) is 0 Å². The Balaban J connectivity index is 1.45. The van der Waals surface area contributed by atoms with Crippen LogP contribution in [0.15, 0.2) is 48.5 Å². The average Bonchev–Trinajstić information content (AvgIpc) is 3.35. The lowest BCUT2D eigenvalue weighted by Crippen LogP contribution is -2.55. The van der Waals surface area contributed by atoms with Crippen molar-refractivity contribution < 1.29 is 29.3 Å². The number of carbonyl (C=O) groups excluding carboxylic acids is 2. The van der Waals surface area contributed by atoms with Crippen LogP contribution in [0.1, 0.15) is 23.5 Å². The number of alkyl carbamates (subject to hydrolysis) is 1. The Labute approximate surface area is 197 Å². The molecular formula is C25H29N3O6. The van der Waals surface area contributed by atoms with E-state index in [1.807, 2.05) is 48.5 Å². The van der Waals surface area contributed by atoms with Gasteiger partial charge in [0.1, 0.15) is 18.7 Å². The van der Waals surface area contributed by atoms with Gasteiger partial charge < -0.3 is 30.1 Å². The highest BCUT2D eigenvalue weighted by atomic mass is 16.5. The van der Waals surface area contributed by atoms with Gasteiger partial charge in [0.25, 0.3) is 0 Å². The number of rotatable bonds is 7. The van der Waals surface area contributed by atoms with Crippen LogP contribution in [0.5, 0.6) is 0 Å². The molecule has 1 saturated heterocycles. The summed E-state index contributed by atoms with van der Waals surface area (Å²) in [6.07, 6.45) is -1.71. The van der Waals surface area contributed by atoms with E-state index in [9.17, 15) is 24.6 Å². The molecule has 0 radical (unpaired) electrons. The molecule has 0 aromatic heterocycles. The highest BCUT2D eigenvalue weighted by Gasteiger charge is 2.42. The quantitative estimate of drug-likeness (QED) is 0.565. The third kappa shape index (κ3) is 4.76. The fourth-order valence-electron chi connectivity index (χ4n) is 4.82. The lowest BCUT2D eigenvalue weighted by Gasteiger charge is -2.28. The molecule has 34 heavy (non-hydrogen) atoms. The number of nitrogens with zero attached hydrogens (tertiary/aromatic N) is 2. The molecule has 9 nitrogen and oxygen atoms in total. The summed E-state index contributed by atoms with van der Waals surface area (Å²) in [5, 5.41) is 21.9. The molecular weight excluding hydrogens is 438 g/mol. The lowest BCUT2D eigenvalue weighted by atomic mass is 9.98. The highest BCUT2D eigenvalue weighted by molar-refractivity contribution is 5.90. The topological polar surface area (TPSA) is 119 Å². The van der Waals surface area contributed by atoms with E-state index in [0.29, 0.717) is 0 Å². The molecule has 2 unspecified atom stereocenters. The van der Waals surface area contributed by atoms with Crippen LogP contribution in [0.4, 0.5) is 4.79 Å². The van der Waals surface area contributed by atoms with E-state index in [1.54, 1.807) is 19.0 Å². The maximum atomic E-state index is 13.1. The number of carbonyl (C=O) groups is 3. The standard InChI is InChI=1S/C25H29N3O6/c1-27(2)13-21(23(30)28-12-15(29)11-22(28)24(31)32)26-25(33)34-14-20-18-9-5-3-7-16(18)17-8-4-6-10-19(17)20/h3-10,15,20-22,29H,11-14H2,1-2H3,(H,26,33)(H,31,32)/t15?,21-,22?/m0/s1. The molecule has 3 atom stereocenters. The van der Waals surface area contributed by atoms with E-state index in [2.05, 4.69) is 5.32 Å². The van der Waals surface area contributed by atoms with Gasteiger partial charge in [0.05, 0.1) is 6.10 Å². The van der Waals surface area contributed by atoms with Gasteiger partial charge in [-0.25, -0.2) is 9.59 Å². The van der Waals surface area contributed by atoms with Crippen LogP contribution in [-0.2, 0) is 14.3 Å². The van der Waals surface area contributed by atoms with Crippen LogP contribution < -0.4 is 5.32 Å². The number of ether oxygens (including phenoxy) is 1. The predicted octanol–water partition coefficient (Wildman–Crippen LogP) is 1.50. The fourth-order valence-corrected chi connectivity index (χ4v) is 4.82. The van der Waals surface area contributed by atoms with Gasteiger partial charge in [-0.05, 0) is 36.3 Å². The van der Waals surface area contributed by atoms with Crippen molar-refractivity contribution in [2.24, 2.45) is 0 Å². The number of carboxylic acids is 1. The summed E-state index contributed by atoms with van der Waals surface area (Å²) in [5.41, 5.74) is 4.38. The van der Waals surface area contributed by atoms with E-state index in [0.717, 1.165) is 27.2 Å². The van der Waals surface area contributed by atoms with Crippen molar-refractivity contribution >= 4 is 18.0 Å². The average molecular weight is 468 g/mol. The first-order valence-corrected chi connectivity index (χ1v) is 11.2. The zero-order chi connectivity index (χ0) is 24.4. The number of nitrogens with one attached hydrogen (secondary N) is 1. The molecule has 2 aromatic rings. The van der Waals surface area contributed by atoms with E-state index >= 15 is 0 Å². The van der Waals surface area contributed by atoms with Gasteiger partial charge >= 0.3 is 12.1 Å². The number of likely N-dealkylation sites (N-methyl/N-ethyl adjacent to an activating group) is 1. The number of carboxylic acid groups (broad SMARTS) is 1. The van der Waals surface area contributed by atoms with Crippen molar-refractivity contribution in [2.45, 2.75) is 30.5 Å². The normalized spacial score (nSPS) is 20.1. The summed E-state index contributed by atoms with van der Waals surface area (Å²) in [4.78, 5) is 40.2. The van der Waals surface area contributed by atoms with Crippen molar-refractivity contribution in [2.75, 3.05) is 33.8 Å². The molecule has 2 aromatic carbocycles. The Hall–Kier alpha value is -3.43. The van der Waals surface area contributed by atoms with Crippen molar-refractivity contribution in [1.82, 2.24) is 15.1 Å². The van der Waals surface area contributed by atoms with Crippen molar-refractivity contribution in [3.05, 3.63) is 59.7 Å². The Morgan fingerprint density at radius 1 is 1.09 bits per heavy atom.